The summed E-state index contributed by atoms with van der Waals surface area (Å²) in [7, 11) is 0. The fourth-order valence-electron chi connectivity index (χ4n) is 4.96. The molecule has 0 unspecified atom stereocenters. The van der Waals surface area contributed by atoms with Gasteiger partial charge in [-0.3, -0.25) is 4.79 Å². The van der Waals surface area contributed by atoms with Gasteiger partial charge in [0.15, 0.2) is 17.3 Å². The number of hydrogen-bond donors (Lipinski definition) is 0. The molecule has 0 saturated carbocycles. The fourth-order valence-corrected chi connectivity index (χ4v) is 5.86. The number of para-hydroxylation sites is 1. The van der Waals surface area contributed by atoms with Gasteiger partial charge >= 0.3 is 0 Å². The predicted molar refractivity (Wildman–Crippen MR) is 166 cm³/mol. The van der Waals surface area contributed by atoms with E-state index in [0.29, 0.717) is 46.6 Å². The zero-order chi connectivity index (χ0) is 29.2. The second kappa shape index (κ2) is 11.7. The van der Waals surface area contributed by atoms with Crippen LogP contribution in [0.15, 0.2) is 83.8 Å². The standard InChI is InChI=1S/C33H29N5O4S/c1-2-3-7-16-40-26-13-10-22(11-14-26)31-34-33-38(36-31)32(39)29(43-33)20-24-21-37(25-8-5-4-6-9-25)35-30(24)23-12-15-27-28(19-23)42-18-17-41-27/h4-6,8-15,19-21H,2-3,7,16-18H2,1H3/b29-20-. The highest BCUT2D eigenvalue weighted by Crippen LogP contribution is 2.35. The molecule has 0 atom stereocenters. The number of benzene rings is 3. The third-order valence-electron chi connectivity index (χ3n) is 7.18. The summed E-state index contributed by atoms with van der Waals surface area (Å²) >= 11 is 1.30. The Morgan fingerprint density at radius 3 is 2.51 bits per heavy atom. The Morgan fingerprint density at radius 2 is 1.72 bits per heavy atom. The maximum absolute atomic E-state index is 13.5. The van der Waals surface area contributed by atoms with Crippen LogP contribution in [0.2, 0.25) is 0 Å². The van der Waals surface area contributed by atoms with E-state index in [4.69, 9.17) is 19.3 Å². The van der Waals surface area contributed by atoms with E-state index in [1.807, 2.05) is 89.8 Å². The molecule has 0 fully saturated rings. The van der Waals surface area contributed by atoms with Gasteiger partial charge < -0.3 is 14.2 Å². The number of nitrogens with zero attached hydrogens (tertiary/aromatic N) is 5. The van der Waals surface area contributed by atoms with Gasteiger partial charge in [0.2, 0.25) is 4.96 Å². The number of aromatic nitrogens is 5. The molecular weight excluding hydrogens is 562 g/mol. The monoisotopic (exact) mass is 591 g/mol. The first-order chi connectivity index (χ1) is 21.2. The predicted octanol–water partition coefficient (Wildman–Crippen LogP) is 5.56. The molecule has 1 aliphatic rings. The summed E-state index contributed by atoms with van der Waals surface area (Å²) in [6, 6.07) is 23.3. The number of unbranched alkanes of at least 4 members (excludes halogenated alkanes) is 2. The van der Waals surface area contributed by atoms with E-state index in [2.05, 4.69) is 17.0 Å². The van der Waals surface area contributed by atoms with Crippen molar-refractivity contribution in [3.8, 4) is 45.6 Å². The molecule has 0 radical (unpaired) electrons. The van der Waals surface area contributed by atoms with Gasteiger partial charge in [0, 0.05) is 22.9 Å². The van der Waals surface area contributed by atoms with Gasteiger partial charge in [0.05, 0.1) is 16.8 Å². The molecule has 43 heavy (non-hydrogen) atoms. The number of rotatable bonds is 9. The van der Waals surface area contributed by atoms with E-state index in [1.54, 1.807) is 0 Å². The van der Waals surface area contributed by atoms with E-state index in [1.165, 1.54) is 15.9 Å². The number of fused-ring (bicyclic) bond motifs is 2. The Bertz CT molecular complexity index is 2000. The Hall–Kier alpha value is -4.96. The van der Waals surface area contributed by atoms with Crippen LogP contribution in [0.1, 0.15) is 31.7 Å². The van der Waals surface area contributed by atoms with Crippen molar-refractivity contribution in [2.24, 2.45) is 0 Å². The van der Waals surface area contributed by atoms with Crippen molar-refractivity contribution in [1.82, 2.24) is 24.4 Å². The molecular formula is C33H29N5O4S. The molecule has 1 aliphatic heterocycles. The summed E-state index contributed by atoms with van der Waals surface area (Å²) in [4.78, 5) is 18.7. The lowest BCUT2D eigenvalue weighted by molar-refractivity contribution is 0.171. The van der Waals surface area contributed by atoms with Gasteiger partial charge in [0.1, 0.15) is 24.7 Å². The molecule has 0 N–H and O–H groups in total. The van der Waals surface area contributed by atoms with Gasteiger partial charge in [-0.1, -0.05) is 49.3 Å². The Kier molecular flexibility index (Phi) is 7.34. The lowest BCUT2D eigenvalue weighted by Gasteiger charge is -2.18. The average molecular weight is 592 g/mol. The first kappa shape index (κ1) is 26.9. The van der Waals surface area contributed by atoms with Crippen molar-refractivity contribution in [2.75, 3.05) is 19.8 Å². The molecule has 4 heterocycles. The topological polar surface area (TPSA) is 92.8 Å². The van der Waals surface area contributed by atoms with Crippen LogP contribution in [0.3, 0.4) is 0 Å². The van der Waals surface area contributed by atoms with E-state index >= 15 is 0 Å². The highest BCUT2D eigenvalue weighted by Gasteiger charge is 2.18. The summed E-state index contributed by atoms with van der Waals surface area (Å²) in [5.41, 5.74) is 3.88. The third-order valence-corrected chi connectivity index (χ3v) is 8.14. The normalized spacial score (nSPS) is 13.1. The first-order valence-corrected chi connectivity index (χ1v) is 15.2. The Balaban J connectivity index is 1.23. The maximum atomic E-state index is 13.5. The highest BCUT2D eigenvalue weighted by molar-refractivity contribution is 7.15. The fraction of sp³-hybridized carbons (Fsp3) is 0.212. The molecule has 10 heteroatoms. The minimum absolute atomic E-state index is 0.227. The largest absolute Gasteiger partial charge is 0.494 e. The lowest BCUT2D eigenvalue weighted by Crippen LogP contribution is -2.23. The molecule has 0 aliphatic carbocycles. The maximum Gasteiger partial charge on any atom is 0.291 e. The number of hydrogen-bond acceptors (Lipinski definition) is 8. The molecule has 0 amide bonds. The molecule has 9 nitrogen and oxygen atoms in total. The molecule has 3 aromatic carbocycles. The lowest BCUT2D eigenvalue weighted by atomic mass is 10.1. The molecule has 3 aromatic heterocycles. The van der Waals surface area contributed by atoms with Crippen molar-refractivity contribution >= 4 is 22.4 Å². The van der Waals surface area contributed by atoms with Gasteiger partial charge in [-0.2, -0.15) is 14.6 Å². The van der Waals surface area contributed by atoms with Gasteiger partial charge in [-0.25, -0.2) is 4.68 Å². The van der Waals surface area contributed by atoms with E-state index in [-0.39, 0.29) is 5.56 Å². The SMILES string of the molecule is CCCCCOc1ccc(-c2nc3s/c(=C\c4cn(-c5ccccc5)nc4-c4ccc5c(c4)OCCO5)c(=O)n3n2)cc1. The van der Waals surface area contributed by atoms with Crippen molar-refractivity contribution in [2.45, 2.75) is 26.2 Å². The first-order valence-electron chi connectivity index (χ1n) is 14.4. The second-order valence-electron chi connectivity index (χ2n) is 10.2. The summed E-state index contributed by atoms with van der Waals surface area (Å²) < 4.78 is 21.0. The van der Waals surface area contributed by atoms with Crippen LogP contribution >= 0.6 is 11.3 Å². The third kappa shape index (κ3) is 5.49. The van der Waals surface area contributed by atoms with Crippen molar-refractivity contribution < 1.29 is 14.2 Å². The van der Waals surface area contributed by atoms with Crippen LogP contribution in [0.5, 0.6) is 17.2 Å². The number of thiazole rings is 1. The quantitative estimate of drug-likeness (QED) is 0.203. The average Bonchev–Trinajstić information content (AvgIpc) is 3.75. The van der Waals surface area contributed by atoms with Crippen LogP contribution in [0, 0.1) is 0 Å². The van der Waals surface area contributed by atoms with Gasteiger partial charge in [-0.15, -0.1) is 5.10 Å². The van der Waals surface area contributed by atoms with Gasteiger partial charge in [0.25, 0.3) is 5.56 Å². The van der Waals surface area contributed by atoms with Crippen LogP contribution in [0.25, 0.3) is 39.4 Å². The Morgan fingerprint density at radius 1 is 0.930 bits per heavy atom. The number of ether oxygens (including phenoxy) is 3. The molecule has 216 valence electrons. The van der Waals surface area contributed by atoms with E-state index in [9.17, 15) is 4.79 Å². The van der Waals surface area contributed by atoms with Crippen LogP contribution in [0.4, 0.5) is 0 Å². The van der Waals surface area contributed by atoms with E-state index < -0.39 is 0 Å². The zero-order valence-corrected chi connectivity index (χ0v) is 24.4. The molecule has 6 aromatic rings. The van der Waals surface area contributed by atoms with Crippen molar-refractivity contribution in [3.63, 3.8) is 0 Å². The van der Waals surface area contributed by atoms with Crippen molar-refractivity contribution in [3.05, 3.63) is 99.4 Å². The second-order valence-corrected chi connectivity index (χ2v) is 11.2. The molecule has 0 saturated heterocycles. The van der Waals surface area contributed by atoms with Crippen molar-refractivity contribution in [1.29, 1.82) is 0 Å². The smallest absolute Gasteiger partial charge is 0.291 e. The minimum Gasteiger partial charge on any atom is -0.494 e. The van der Waals surface area contributed by atoms with Crippen LogP contribution < -0.4 is 24.3 Å². The van der Waals surface area contributed by atoms with Crippen LogP contribution in [-0.4, -0.2) is 44.2 Å². The minimum atomic E-state index is -0.227. The van der Waals surface area contributed by atoms with E-state index in [0.717, 1.165) is 53.1 Å². The zero-order valence-electron chi connectivity index (χ0n) is 23.6. The summed E-state index contributed by atoms with van der Waals surface area (Å²) in [6.45, 7) is 3.89. The summed E-state index contributed by atoms with van der Waals surface area (Å²) in [5, 5.41) is 9.43. The summed E-state index contributed by atoms with van der Waals surface area (Å²) in [6.07, 6.45) is 7.12. The molecule has 0 bridgehead atoms. The highest BCUT2D eigenvalue weighted by atomic mass is 32.1. The molecule has 0 spiro atoms. The van der Waals surface area contributed by atoms with Gasteiger partial charge in [-0.05, 0) is 67.1 Å². The molecule has 7 rings (SSSR count). The van der Waals surface area contributed by atoms with Crippen LogP contribution in [-0.2, 0) is 0 Å². The summed E-state index contributed by atoms with van der Waals surface area (Å²) in [5.74, 6) is 2.70. The Labute approximate surface area is 251 Å².